The van der Waals surface area contributed by atoms with Gasteiger partial charge < -0.3 is 16.0 Å². The highest BCUT2D eigenvalue weighted by Gasteiger charge is 2.15. The number of halogens is 1. The van der Waals surface area contributed by atoms with Gasteiger partial charge in [-0.15, -0.1) is 0 Å². The zero-order valence-electron chi connectivity index (χ0n) is 12.3. The van der Waals surface area contributed by atoms with Gasteiger partial charge in [-0.3, -0.25) is 4.79 Å². The number of carbonyl (C=O) groups excluding carboxylic acids is 1. The zero-order valence-corrected chi connectivity index (χ0v) is 12.3. The summed E-state index contributed by atoms with van der Waals surface area (Å²) in [6, 6.07) is 9.66. The van der Waals surface area contributed by atoms with Gasteiger partial charge in [0.15, 0.2) is 0 Å². The Balaban J connectivity index is 2.45. The molecule has 0 fully saturated rings. The van der Waals surface area contributed by atoms with E-state index < -0.39 is 0 Å². The summed E-state index contributed by atoms with van der Waals surface area (Å²) < 4.78 is 13.9. The summed E-state index contributed by atoms with van der Waals surface area (Å²) in [5, 5.41) is 2.96. The summed E-state index contributed by atoms with van der Waals surface area (Å²) in [6.45, 7) is 1.87. The number of benzene rings is 2. The fourth-order valence-corrected chi connectivity index (χ4v) is 1.97. The van der Waals surface area contributed by atoms with Crippen molar-refractivity contribution in [1.82, 2.24) is 4.90 Å². The molecule has 5 heteroatoms. The first-order valence-corrected chi connectivity index (χ1v) is 6.53. The second-order valence-corrected chi connectivity index (χ2v) is 5.11. The minimum Gasteiger partial charge on any atom is -0.399 e. The summed E-state index contributed by atoms with van der Waals surface area (Å²) in [7, 11) is 3.32. The number of nitrogens with two attached hydrogens (primary N) is 1. The van der Waals surface area contributed by atoms with E-state index in [0.717, 1.165) is 5.56 Å². The van der Waals surface area contributed by atoms with Gasteiger partial charge in [-0.25, -0.2) is 4.39 Å². The first-order valence-electron chi connectivity index (χ1n) is 6.53. The van der Waals surface area contributed by atoms with Crippen LogP contribution in [0.15, 0.2) is 36.4 Å². The molecule has 21 heavy (non-hydrogen) atoms. The monoisotopic (exact) mass is 287 g/mol. The van der Waals surface area contributed by atoms with Gasteiger partial charge >= 0.3 is 0 Å². The van der Waals surface area contributed by atoms with Gasteiger partial charge in [-0.1, -0.05) is 6.07 Å². The van der Waals surface area contributed by atoms with Crippen LogP contribution in [0.25, 0.3) is 0 Å². The first kappa shape index (κ1) is 14.8. The summed E-state index contributed by atoms with van der Waals surface area (Å²) in [5.41, 5.74) is 8.42. The minimum absolute atomic E-state index is 0.175. The number of rotatable bonds is 3. The van der Waals surface area contributed by atoms with Crippen LogP contribution in [0, 0.1) is 12.7 Å². The summed E-state index contributed by atoms with van der Waals surface area (Å²) in [6.07, 6.45) is 0. The van der Waals surface area contributed by atoms with E-state index in [1.165, 1.54) is 11.0 Å². The van der Waals surface area contributed by atoms with Crippen molar-refractivity contribution < 1.29 is 9.18 Å². The number of carbonyl (C=O) groups is 1. The Hall–Kier alpha value is -2.56. The van der Waals surface area contributed by atoms with E-state index in [2.05, 4.69) is 5.32 Å². The van der Waals surface area contributed by atoms with Crippen LogP contribution in [0.1, 0.15) is 15.9 Å². The standard InChI is InChI=1S/C16H18FN3O/c1-10-4-7-13(17)15(8-10)19-14-9-11(18)5-6-12(14)16(21)20(2)3/h4-9,19H,18H2,1-3H3. The van der Waals surface area contributed by atoms with E-state index in [9.17, 15) is 9.18 Å². The summed E-state index contributed by atoms with van der Waals surface area (Å²) in [4.78, 5) is 13.6. The van der Waals surface area contributed by atoms with Crippen LogP contribution >= 0.6 is 0 Å². The normalized spacial score (nSPS) is 10.3. The van der Waals surface area contributed by atoms with E-state index in [1.807, 2.05) is 6.92 Å². The topological polar surface area (TPSA) is 58.4 Å². The number of hydrogen-bond donors (Lipinski definition) is 2. The van der Waals surface area contributed by atoms with Gasteiger partial charge in [0.2, 0.25) is 0 Å². The first-order chi connectivity index (χ1) is 9.88. The molecule has 2 aromatic rings. The molecule has 0 saturated heterocycles. The Morgan fingerprint density at radius 1 is 1.14 bits per heavy atom. The summed E-state index contributed by atoms with van der Waals surface area (Å²) >= 11 is 0. The second-order valence-electron chi connectivity index (χ2n) is 5.11. The molecular formula is C16H18FN3O. The Labute approximate surface area is 123 Å². The van der Waals surface area contributed by atoms with Gasteiger partial charge in [-0.05, 0) is 42.8 Å². The van der Waals surface area contributed by atoms with Gasteiger partial charge in [-0.2, -0.15) is 0 Å². The minimum atomic E-state index is -0.383. The van der Waals surface area contributed by atoms with Crippen LogP contribution in [-0.2, 0) is 0 Å². The Kier molecular flexibility index (Phi) is 4.12. The maximum Gasteiger partial charge on any atom is 0.255 e. The molecule has 0 radical (unpaired) electrons. The fourth-order valence-electron chi connectivity index (χ4n) is 1.97. The van der Waals surface area contributed by atoms with E-state index in [0.29, 0.717) is 22.6 Å². The maximum absolute atomic E-state index is 13.9. The predicted octanol–water partition coefficient (Wildman–Crippen LogP) is 3.16. The third kappa shape index (κ3) is 3.31. The average molecular weight is 287 g/mol. The van der Waals surface area contributed by atoms with Crippen molar-refractivity contribution in [2.24, 2.45) is 0 Å². The molecule has 0 spiro atoms. The van der Waals surface area contributed by atoms with Crippen LogP contribution in [0.3, 0.4) is 0 Å². The molecule has 3 N–H and O–H groups in total. The molecular weight excluding hydrogens is 269 g/mol. The van der Waals surface area contributed by atoms with Crippen molar-refractivity contribution in [3.8, 4) is 0 Å². The van der Waals surface area contributed by atoms with Crippen LogP contribution in [-0.4, -0.2) is 24.9 Å². The number of nitrogens with one attached hydrogen (secondary N) is 1. The highest BCUT2D eigenvalue weighted by molar-refractivity contribution is 6.00. The van der Waals surface area contributed by atoms with Crippen LogP contribution in [0.4, 0.5) is 21.5 Å². The lowest BCUT2D eigenvalue weighted by atomic mass is 10.1. The molecule has 2 rings (SSSR count). The van der Waals surface area contributed by atoms with Crippen molar-refractivity contribution in [2.75, 3.05) is 25.1 Å². The van der Waals surface area contributed by atoms with E-state index in [1.54, 1.807) is 44.4 Å². The van der Waals surface area contributed by atoms with Crippen LogP contribution in [0.2, 0.25) is 0 Å². The molecule has 1 amide bonds. The van der Waals surface area contributed by atoms with Crippen molar-refractivity contribution in [1.29, 1.82) is 0 Å². The molecule has 0 heterocycles. The van der Waals surface area contributed by atoms with Gasteiger partial charge in [0, 0.05) is 19.8 Å². The quantitative estimate of drug-likeness (QED) is 0.853. The lowest BCUT2D eigenvalue weighted by molar-refractivity contribution is 0.0828. The van der Waals surface area contributed by atoms with Gasteiger partial charge in [0.1, 0.15) is 5.82 Å². The van der Waals surface area contributed by atoms with E-state index >= 15 is 0 Å². The van der Waals surface area contributed by atoms with Crippen molar-refractivity contribution in [3.63, 3.8) is 0 Å². The number of anilines is 3. The molecule has 0 aliphatic heterocycles. The summed E-state index contributed by atoms with van der Waals surface area (Å²) in [5.74, 6) is -0.558. The molecule has 0 bridgehead atoms. The molecule has 0 atom stereocenters. The van der Waals surface area contributed by atoms with Gasteiger partial charge in [0.05, 0.1) is 16.9 Å². The average Bonchev–Trinajstić information content (AvgIpc) is 2.42. The molecule has 110 valence electrons. The van der Waals surface area contributed by atoms with Gasteiger partial charge in [0.25, 0.3) is 5.91 Å². The molecule has 0 unspecified atom stereocenters. The molecule has 0 saturated carbocycles. The zero-order chi connectivity index (χ0) is 15.6. The Morgan fingerprint density at radius 3 is 2.52 bits per heavy atom. The van der Waals surface area contributed by atoms with Crippen LogP contribution < -0.4 is 11.1 Å². The fraction of sp³-hybridized carbons (Fsp3) is 0.188. The van der Waals surface area contributed by atoms with Crippen LogP contribution in [0.5, 0.6) is 0 Å². The molecule has 0 aliphatic rings. The largest absolute Gasteiger partial charge is 0.399 e. The van der Waals surface area contributed by atoms with E-state index in [4.69, 9.17) is 5.73 Å². The number of aryl methyl sites for hydroxylation is 1. The Bertz CT molecular complexity index is 683. The highest BCUT2D eigenvalue weighted by Crippen LogP contribution is 2.26. The second kappa shape index (κ2) is 5.83. The lowest BCUT2D eigenvalue weighted by Crippen LogP contribution is -2.22. The number of amides is 1. The van der Waals surface area contributed by atoms with Crippen molar-refractivity contribution >= 4 is 23.0 Å². The van der Waals surface area contributed by atoms with Crippen molar-refractivity contribution in [3.05, 3.63) is 53.3 Å². The number of nitrogens with zero attached hydrogens (tertiary/aromatic N) is 1. The van der Waals surface area contributed by atoms with E-state index in [-0.39, 0.29) is 11.7 Å². The molecule has 0 aliphatic carbocycles. The third-order valence-electron chi connectivity index (χ3n) is 3.07. The number of nitrogen functional groups attached to an aromatic ring is 1. The maximum atomic E-state index is 13.9. The molecule has 2 aromatic carbocycles. The highest BCUT2D eigenvalue weighted by atomic mass is 19.1. The Morgan fingerprint density at radius 2 is 1.86 bits per heavy atom. The molecule has 0 aromatic heterocycles. The SMILES string of the molecule is Cc1ccc(F)c(Nc2cc(N)ccc2C(=O)N(C)C)c1. The lowest BCUT2D eigenvalue weighted by Gasteiger charge is -2.16. The molecule has 4 nitrogen and oxygen atoms in total. The number of hydrogen-bond acceptors (Lipinski definition) is 3. The van der Waals surface area contributed by atoms with Crippen molar-refractivity contribution in [2.45, 2.75) is 6.92 Å². The smallest absolute Gasteiger partial charge is 0.255 e. The predicted molar refractivity (Wildman–Crippen MR) is 83.3 cm³/mol. The third-order valence-corrected chi connectivity index (χ3v) is 3.07.